The van der Waals surface area contributed by atoms with Crippen LogP contribution >= 0.6 is 7.60 Å². The van der Waals surface area contributed by atoms with E-state index >= 15 is 0 Å². The Morgan fingerprint density at radius 1 is 1.41 bits per heavy atom. The lowest BCUT2D eigenvalue weighted by Crippen LogP contribution is -2.08. The quantitative estimate of drug-likeness (QED) is 0.809. The van der Waals surface area contributed by atoms with Gasteiger partial charge in [0, 0.05) is 6.21 Å². The fraction of sp³-hybridized carbons (Fsp3) is 0.417. The normalized spacial score (nSPS) is 20.3. The van der Waals surface area contributed by atoms with E-state index in [1.54, 1.807) is 0 Å². The lowest BCUT2D eigenvalue weighted by Gasteiger charge is -2.18. The molecule has 0 fully saturated rings. The first-order valence-electron chi connectivity index (χ1n) is 5.64. The van der Waals surface area contributed by atoms with Gasteiger partial charge in [0.1, 0.15) is 0 Å². The van der Waals surface area contributed by atoms with Gasteiger partial charge < -0.3 is 9.79 Å². The van der Waals surface area contributed by atoms with Crippen LogP contribution in [-0.2, 0) is 4.57 Å². The van der Waals surface area contributed by atoms with Crippen molar-refractivity contribution in [3.8, 4) is 0 Å². The number of rotatable bonds is 4. The predicted octanol–water partition coefficient (Wildman–Crippen LogP) is 2.36. The molecular weight excluding hydrogens is 237 g/mol. The SMILES string of the molecule is CC(CCP(=O)(O)O)C1N=Cc2ccccc21. The second-order valence-electron chi connectivity index (χ2n) is 4.51. The van der Waals surface area contributed by atoms with Crippen molar-refractivity contribution >= 4 is 13.8 Å². The fourth-order valence-corrected chi connectivity index (χ4v) is 2.87. The summed E-state index contributed by atoms with van der Waals surface area (Å²) in [6, 6.07) is 8.01. The molecule has 92 valence electrons. The van der Waals surface area contributed by atoms with Crippen LogP contribution in [0.15, 0.2) is 29.3 Å². The third kappa shape index (κ3) is 3.03. The molecule has 0 saturated carbocycles. The molecule has 1 aromatic carbocycles. The van der Waals surface area contributed by atoms with Crippen molar-refractivity contribution in [3.05, 3.63) is 35.4 Å². The minimum absolute atomic E-state index is 0.0396. The molecule has 17 heavy (non-hydrogen) atoms. The Balaban J connectivity index is 2.05. The van der Waals surface area contributed by atoms with Crippen LogP contribution in [0.4, 0.5) is 0 Å². The van der Waals surface area contributed by atoms with Gasteiger partial charge in [-0.15, -0.1) is 0 Å². The molecule has 5 heteroatoms. The second-order valence-corrected chi connectivity index (χ2v) is 6.28. The van der Waals surface area contributed by atoms with E-state index in [1.807, 2.05) is 37.4 Å². The van der Waals surface area contributed by atoms with Gasteiger partial charge in [-0.1, -0.05) is 31.2 Å². The molecule has 2 rings (SSSR count). The molecule has 0 saturated heterocycles. The maximum atomic E-state index is 10.9. The number of hydrogen-bond donors (Lipinski definition) is 2. The van der Waals surface area contributed by atoms with Crippen LogP contribution in [0.1, 0.15) is 30.5 Å². The summed E-state index contributed by atoms with van der Waals surface area (Å²) in [5.74, 6) is 0.141. The summed E-state index contributed by atoms with van der Waals surface area (Å²) >= 11 is 0. The third-order valence-corrected chi connectivity index (χ3v) is 3.94. The summed E-state index contributed by atoms with van der Waals surface area (Å²) in [6.07, 6.45) is 2.26. The molecule has 4 nitrogen and oxygen atoms in total. The van der Waals surface area contributed by atoms with Crippen molar-refractivity contribution in [2.24, 2.45) is 10.9 Å². The molecule has 0 aromatic heterocycles. The van der Waals surface area contributed by atoms with Gasteiger partial charge in [-0.25, -0.2) is 0 Å². The van der Waals surface area contributed by atoms with Gasteiger partial charge in [-0.3, -0.25) is 9.56 Å². The zero-order valence-corrected chi connectivity index (χ0v) is 10.5. The Kier molecular flexibility index (Phi) is 3.48. The fourth-order valence-electron chi connectivity index (χ4n) is 2.12. The molecule has 0 amide bonds. The molecule has 1 heterocycles. The lowest BCUT2D eigenvalue weighted by molar-refractivity contribution is 0.362. The van der Waals surface area contributed by atoms with Crippen molar-refractivity contribution in [2.75, 3.05) is 6.16 Å². The molecule has 1 aliphatic rings. The topological polar surface area (TPSA) is 69.9 Å². The monoisotopic (exact) mass is 253 g/mol. The summed E-state index contributed by atoms with van der Waals surface area (Å²) < 4.78 is 10.9. The smallest absolute Gasteiger partial charge is 0.324 e. The highest BCUT2D eigenvalue weighted by atomic mass is 31.2. The van der Waals surface area contributed by atoms with Crippen LogP contribution < -0.4 is 0 Å². The van der Waals surface area contributed by atoms with E-state index in [9.17, 15) is 4.57 Å². The van der Waals surface area contributed by atoms with Crippen LogP contribution in [0.2, 0.25) is 0 Å². The number of benzene rings is 1. The van der Waals surface area contributed by atoms with Gasteiger partial charge in [0.15, 0.2) is 0 Å². The number of hydrogen-bond acceptors (Lipinski definition) is 2. The van der Waals surface area contributed by atoms with Gasteiger partial charge in [0.2, 0.25) is 0 Å². The standard InChI is InChI=1S/C12H16NO3P/c1-9(6-7-17(14,15)16)12-11-5-3-2-4-10(11)8-13-12/h2-5,8-9,12H,6-7H2,1H3,(H2,14,15,16). The highest BCUT2D eigenvalue weighted by molar-refractivity contribution is 7.51. The van der Waals surface area contributed by atoms with E-state index in [0.29, 0.717) is 6.42 Å². The van der Waals surface area contributed by atoms with Crippen LogP contribution in [0, 0.1) is 5.92 Å². The van der Waals surface area contributed by atoms with Crippen molar-refractivity contribution < 1.29 is 14.4 Å². The van der Waals surface area contributed by atoms with Crippen LogP contribution in [0.25, 0.3) is 0 Å². The zero-order valence-electron chi connectivity index (χ0n) is 9.65. The Morgan fingerprint density at radius 2 is 2.12 bits per heavy atom. The number of aliphatic imine (C=N–C) groups is 1. The highest BCUT2D eigenvalue weighted by Crippen LogP contribution is 2.40. The van der Waals surface area contributed by atoms with E-state index in [2.05, 4.69) is 4.99 Å². The largest absolute Gasteiger partial charge is 0.325 e. The van der Waals surface area contributed by atoms with Gasteiger partial charge in [0.25, 0.3) is 0 Å². The summed E-state index contributed by atoms with van der Waals surface area (Å²) in [4.78, 5) is 22.2. The average Bonchev–Trinajstić information content (AvgIpc) is 2.68. The number of fused-ring (bicyclic) bond motifs is 1. The Labute approximate surface area is 101 Å². The van der Waals surface area contributed by atoms with Gasteiger partial charge in [-0.05, 0) is 23.5 Å². The van der Waals surface area contributed by atoms with E-state index in [4.69, 9.17) is 9.79 Å². The van der Waals surface area contributed by atoms with Crippen molar-refractivity contribution in [1.29, 1.82) is 0 Å². The van der Waals surface area contributed by atoms with Crippen LogP contribution in [0.3, 0.4) is 0 Å². The van der Waals surface area contributed by atoms with Crippen LogP contribution in [0.5, 0.6) is 0 Å². The van der Waals surface area contributed by atoms with E-state index in [0.717, 1.165) is 11.1 Å². The Bertz CT molecular complexity index is 480. The second kappa shape index (κ2) is 4.73. The summed E-state index contributed by atoms with van der Waals surface area (Å²) in [5, 5.41) is 0. The molecular formula is C12H16NO3P. The third-order valence-electron chi connectivity index (χ3n) is 3.10. The summed E-state index contributed by atoms with van der Waals surface area (Å²) in [6.45, 7) is 1.99. The van der Waals surface area contributed by atoms with Crippen molar-refractivity contribution in [1.82, 2.24) is 0 Å². The number of nitrogens with zero attached hydrogens (tertiary/aromatic N) is 1. The van der Waals surface area contributed by atoms with Gasteiger partial charge in [0.05, 0.1) is 12.2 Å². The molecule has 2 atom stereocenters. The highest BCUT2D eigenvalue weighted by Gasteiger charge is 2.26. The minimum atomic E-state index is -3.90. The van der Waals surface area contributed by atoms with E-state index < -0.39 is 7.60 Å². The summed E-state index contributed by atoms with van der Waals surface area (Å²) in [7, 11) is -3.90. The first-order chi connectivity index (χ1) is 7.97. The average molecular weight is 253 g/mol. The predicted molar refractivity (Wildman–Crippen MR) is 67.5 cm³/mol. The van der Waals surface area contributed by atoms with Crippen molar-refractivity contribution in [2.45, 2.75) is 19.4 Å². The minimum Gasteiger partial charge on any atom is -0.324 e. The van der Waals surface area contributed by atoms with Gasteiger partial charge in [-0.2, -0.15) is 0 Å². The van der Waals surface area contributed by atoms with E-state index in [1.165, 1.54) is 0 Å². The van der Waals surface area contributed by atoms with Crippen LogP contribution in [-0.4, -0.2) is 22.2 Å². The molecule has 1 aromatic rings. The molecule has 0 radical (unpaired) electrons. The Hall–Kier alpha value is -0.960. The molecule has 2 N–H and O–H groups in total. The van der Waals surface area contributed by atoms with Gasteiger partial charge >= 0.3 is 7.60 Å². The molecule has 0 bridgehead atoms. The lowest BCUT2D eigenvalue weighted by atomic mass is 9.92. The molecule has 2 unspecified atom stereocenters. The first-order valence-corrected chi connectivity index (χ1v) is 7.44. The molecule has 0 aliphatic carbocycles. The van der Waals surface area contributed by atoms with Crippen molar-refractivity contribution in [3.63, 3.8) is 0 Å². The summed E-state index contributed by atoms with van der Waals surface area (Å²) in [5.41, 5.74) is 2.27. The molecule has 0 spiro atoms. The molecule has 1 aliphatic heterocycles. The maximum Gasteiger partial charge on any atom is 0.325 e. The van der Waals surface area contributed by atoms with E-state index in [-0.39, 0.29) is 18.1 Å². The maximum absolute atomic E-state index is 10.9. The zero-order chi connectivity index (χ0) is 12.5. The first kappa shape index (κ1) is 12.5. The Morgan fingerprint density at radius 3 is 2.82 bits per heavy atom.